The third-order valence-corrected chi connectivity index (χ3v) is 4.94. The SMILES string of the molecule is Cc1ccc(NC(=S)NN2C(=O)c3cccc4cccc(c34)C2=O)cc1C. The van der Waals surface area contributed by atoms with Crippen molar-refractivity contribution >= 4 is 45.6 Å². The molecule has 6 heteroatoms. The number of hydrogen-bond donors (Lipinski definition) is 2. The van der Waals surface area contributed by atoms with Gasteiger partial charge in [-0.1, -0.05) is 30.3 Å². The fourth-order valence-corrected chi connectivity index (χ4v) is 3.42. The number of carbonyl (C=O) groups is 2. The van der Waals surface area contributed by atoms with E-state index in [-0.39, 0.29) is 5.11 Å². The predicted molar refractivity (Wildman–Crippen MR) is 110 cm³/mol. The minimum atomic E-state index is -0.423. The van der Waals surface area contributed by atoms with E-state index in [4.69, 9.17) is 12.2 Å². The highest BCUT2D eigenvalue weighted by Crippen LogP contribution is 2.29. The van der Waals surface area contributed by atoms with Gasteiger partial charge < -0.3 is 5.32 Å². The summed E-state index contributed by atoms with van der Waals surface area (Å²) >= 11 is 5.31. The second kappa shape index (κ2) is 6.48. The van der Waals surface area contributed by atoms with Crippen LogP contribution in [0.3, 0.4) is 0 Å². The first-order valence-corrected chi connectivity index (χ1v) is 8.92. The molecule has 0 spiro atoms. The van der Waals surface area contributed by atoms with Crippen LogP contribution in [0.2, 0.25) is 0 Å². The zero-order valence-corrected chi connectivity index (χ0v) is 15.7. The summed E-state index contributed by atoms with van der Waals surface area (Å²) in [6.07, 6.45) is 0. The van der Waals surface area contributed by atoms with Gasteiger partial charge in [-0.15, -0.1) is 0 Å². The van der Waals surface area contributed by atoms with Crippen LogP contribution in [0.1, 0.15) is 31.8 Å². The first kappa shape index (κ1) is 17.2. The Balaban J connectivity index is 1.61. The Morgan fingerprint density at radius 2 is 1.52 bits per heavy atom. The Labute approximate surface area is 162 Å². The van der Waals surface area contributed by atoms with Gasteiger partial charge in [0.2, 0.25) is 0 Å². The molecule has 2 amide bonds. The lowest BCUT2D eigenvalue weighted by Crippen LogP contribution is -2.52. The molecule has 0 bridgehead atoms. The van der Waals surface area contributed by atoms with Gasteiger partial charge in [0.15, 0.2) is 5.11 Å². The topological polar surface area (TPSA) is 61.4 Å². The van der Waals surface area contributed by atoms with Crippen molar-refractivity contribution in [2.75, 3.05) is 5.32 Å². The number of rotatable bonds is 2. The summed E-state index contributed by atoms with van der Waals surface area (Å²) in [5.74, 6) is -0.845. The lowest BCUT2D eigenvalue weighted by Gasteiger charge is -2.28. The van der Waals surface area contributed by atoms with E-state index in [0.29, 0.717) is 16.5 Å². The molecule has 0 unspecified atom stereocenters. The van der Waals surface area contributed by atoms with Crippen LogP contribution in [0.25, 0.3) is 10.8 Å². The van der Waals surface area contributed by atoms with Crippen LogP contribution in [-0.4, -0.2) is 21.9 Å². The molecule has 0 radical (unpaired) electrons. The van der Waals surface area contributed by atoms with Gasteiger partial charge in [0.1, 0.15) is 0 Å². The van der Waals surface area contributed by atoms with E-state index in [1.807, 2.05) is 44.2 Å². The molecule has 1 aliphatic heterocycles. The average Bonchev–Trinajstić information content (AvgIpc) is 2.66. The average molecular weight is 375 g/mol. The van der Waals surface area contributed by atoms with Crippen molar-refractivity contribution in [3.63, 3.8) is 0 Å². The number of aryl methyl sites for hydroxylation is 2. The van der Waals surface area contributed by atoms with Crippen LogP contribution in [0, 0.1) is 13.8 Å². The fourth-order valence-electron chi connectivity index (χ4n) is 3.21. The van der Waals surface area contributed by atoms with Crippen LogP contribution in [0.5, 0.6) is 0 Å². The molecule has 134 valence electrons. The summed E-state index contributed by atoms with van der Waals surface area (Å²) in [6, 6.07) is 16.7. The number of hydrazine groups is 1. The van der Waals surface area contributed by atoms with Crippen LogP contribution in [0.4, 0.5) is 5.69 Å². The normalized spacial score (nSPS) is 13.0. The van der Waals surface area contributed by atoms with E-state index in [9.17, 15) is 9.59 Å². The maximum atomic E-state index is 12.9. The summed E-state index contributed by atoms with van der Waals surface area (Å²) < 4.78 is 0. The lowest BCUT2D eigenvalue weighted by atomic mass is 9.95. The molecule has 2 N–H and O–H groups in total. The fraction of sp³-hybridized carbons (Fsp3) is 0.0952. The largest absolute Gasteiger partial charge is 0.331 e. The Morgan fingerprint density at radius 3 is 2.11 bits per heavy atom. The summed E-state index contributed by atoms with van der Waals surface area (Å²) in [7, 11) is 0. The number of amides is 2. The second-order valence-corrected chi connectivity index (χ2v) is 6.93. The van der Waals surface area contributed by atoms with E-state index < -0.39 is 11.8 Å². The van der Waals surface area contributed by atoms with E-state index in [2.05, 4.69) is 10.7 Å². The van der Waals surface area contributed by atoms with Gasteiger partial charge in [-0.3, -0.25) is 15.0 Å². The minimum absolute atomic E-state index is 0.173. The molecule has 3 aromatic rings. The van der Waals surface area contributed by atoms with Crippen LogP contribution in [0.15, 0.2) is 54.6 Å². The number of nitrogens with one attached hydrogen (secondary N) is 2. The molecule has 0 fully saturated rings. The smallest absolute Gasteiger partial charge is 0.280 e. The zero-order valence-electron chi connectivity index (χ0n) is 14.9. The summed E-state index contributed by atoms with van der Waals surface area (Å²) in [6.45, 7) is 4.03. The predicted octanol–water partition coefficient (Wildman–Crippen LogP) is 3.95. The molecule has 0 saturated heterocycles. The van der Waals surface area contributed by atoms with Crippen molar-refractivity contribution in [3.8, 4) is 0 Å². The molecule has 0 saturated carbocycles. The highest BCUT2D eigenvalue weighted by atomic mass is 32.1. The van der Waals surface area contributed by atoms with Gasteiger partial charge in [0.05, 0.1) is 11.1 Å². The first-order chi connectivity index (χ1) is 13.0. The van der Waals surface area contributed by atoms with E-state index in [1.54, 1.807) is 24.3 Å². The third-order valence-electron chi connectivity index (χ3n) is 4.75. The van der Waals surface area contributed by atoms with Crippen molar-refractivity contribution in [2.24, 2.45) is 0 Å². The molecular formula is C21H17N3O2S. The van der Waals surface area contributed by atoms with Crippen molar-refractivity contribution in [1.29, 1.82) is 0 Å². The van der Waals surface area contributed by atoms with Crippen molar-refractivity contribution in [2.45, 2.75) is 13.8 Å². The van der Waals surface area contributed by atoms with Crippen molar-refractivity contribution in [1.82, 2.24) is 10.4 Å². The number of imide groups is 1. The first-order valence-electron chi connectivity index (χ1n) is 8.51. The van der Waals surface area contributed by atoms with E-state index in [1.165, 1.54) is 5.56 Å². The number of thiocarbonyl (C=S) groups is 1. The van der Waals surface area contributed by atoms with Gasteiger partial charge in [0.25, 0.3) is 11.8 Å². The van der Waals surface area contributed by atoms with E-state index in [0.717, 1.165) is 21.6 Å². The van der Waals surface area contributed by atoms with Crippen LogP contribution >= 0.6 is 12.2 Å². The zero-order chi connectivity index (χ0) is 19.1. The maximum Gasteiger partial charge on any atom is 0.280 e. The van der Waals surface area contributed by atoms with Crippen LogP contribution in [-0.2, 0) is 0 Å². The summed E-state index contributed by atoms with van der Waals surface area (Å²) in [5.41, 5.74) is 6.77. The molecule has 1 aliphatic rings. The molecule has 0 atom stereocenters. The van der Waals surface area contributed by atoms with Crippen LogP contribution < -0.4 is 10.7 Å². The van der Waals surface area contributed by atoms with Gasteiger partial charge in [-0.25, -0.2) is 0 Å². The van der Waals surface area contributed by atoms with Crippen molar-refractivity contribution < 1.29 is 9.59 Å². The Kier molecular flexibility index (Phi) is 4.12. The highest BCUT2D eigenvalue weighted by Gasteiger charge is 2.33. The van der Waals surface area contributed by atoms with Gasteiger partial charge in [-0.2, -0.15) is 5.01 Å². The number of anilines is 1. The van der Waals surface area contributed by atoms with Gasteiger partial charge in [0, 0.05) is 11.1 Å². The van der Waals surface area contributed by atoms with Crippen molar-refractivity contribution in [3.05, 3.63) is 76.9 Å². The Hall–Kier alpha value is -3.25. The number of carbonyl (C=O) groups excluding carboxylic acids is 2. The standard InChI is InChI=1S/C21H17N3O2S/c1-12-9-10-15(11-13(12)2)22-21(27)23-24-19(25)16-7-3-5-14-6-4-8-17(18(14)16)20(24)26/h3-11H,1-2H3,(H2,22,23,27). The summed E-state index contributed by atoms with van der Waals surface area (Å²) in [5, 5.41) is 5.70. The van der Waals surface area contributed by atoms with E-state index >= 15 is 0 Å². The highest BCUT2D eigenvalue weighted by molar-refractivity contribution is 7.80. The molecule has 1 heterocycles. The molecular weight excluding hydrogens is 358 g/mol. The molecule has 27 heavy (non-hydrogen) atoms. The third kappa shape index (κ3) is 2.94. The second-order valence-electron chi connectivity index (χ2n) is 6.52. The molecule has 4 rings (SSSR count). The monoisotopic (exact) mass is 375 g/mol. The van der Waals surface area contributed by atoms with Gasteiger partial charge >= 0.3 is 0 Å². The number of nitrogens with zero attached hydrogens (tertiary/aromatic N) is 1. The Bertz CT molecular complexity index is 1070. The summed E-state index contributed by atoms with van der Waals surface area (Å²) in [4.78, 5) is 25.7. The number of benzene rings is 3. The molecule has 5 nitrogen and oxygen atoms in total. The molecule has 3 aromatic carbocycles. The van der Waals surface area contributed by atoms with Gasteiger partial charge in [-0.05, 0) is 66.8 Å². The number of hydrogen-bond acceptors (Lipinski definition) is 3. The molecule has 0 aromatic heterocycles. The Morgan fingerprint density at radius 1 is 0.889 bits per heavy atom. The molecule has 0 aliphatic carbocycles. The lowest BCUT2D eigenvalue weighted by molar-refractivity contribution is 0.0568. The quantitative estimate of drug-likeness (QED) is 0.525. The maximum absolute atomic E-state index is 12.9. The minimum Gasteiger partial charge on any atom is -0.331 e.